The van der Waals surface area contributed by atoms with Crippen molar-refractivity contribution in [3.05, 3.63) is 40.2 Å². The molecular weight excluding hydrogens is 402 g/mol. The van der Waals surface area contributed by atoms with Crippen LogP contribution in [0, 0.1) is 5.92 Å². The number of benzene rings is 1. The van der Waals surface area contributed by atoms with Crippen LogP contribution >= 0.6 is 0 Å². The number of amides is 2. The molecule has 30 heavy (non-hydrogen) atoms. The van der Waals surface area contributed by atoms with Crippen LogP contribution in [0.1, 0.15) is 30.6 Å². The average molecular weight is 424 g/mol. The number of nitrogens with two attached hydrogens (primary N) is 2. The van der Waals surface area contributed by atoms with Gasteiger partial charge in [-0.15, -0.1) is 0 Å². The molecule has 2 amide bonds. The molecule has 0 saturated heterocycles. The van der Waals surface area contributed by atoms with E-state index in [9.17, 15) is 23.2 Å². The van der Waals surface area contributed by atoms with Crippen LogP contribution in [0.4, 0.5) is 26.2 Å². The molecule has 0 bridgehead atoms. The molecule has 0 aliphatic carbocycles. The summed E-state index contributed by atoms with van der Waals surface area (Å²) in [5, 5.41) is 5.40. The van der Waals surface area contributed by atoms with Gasteiger partial charge in [-0.1, -0.05) is 19.9 Å². The minimum Gasteiger partial charge on any atom is -0.435 e. The third-order valence-electron chi connectivity index (χ3n) is 3.85. The summed E-state index contributed by atoms with van der Waals surface area (Å²) < 4.78 is 29.2. The van der Waals surface area contributed by atoms with Gasteiger partial charge >= 0.3 is 6.61 Å². The van der Waals surface area contributed by atoms with Gasteiger partial charge in [0.25, 0.3) is 11.5 Å². The molecule has 0 fully saturated rings. The number of aromatic nitrogens is 2. The van der Waals surface area contributed by atoms with E-state index in [1.807, 2.05) is 13.8 Å². The summed E-state index contributed by atoms with van der Waals surface area (Å²) in [6, 6.07) is 4.58. The summed E-state index contributed by atoms with van der Waals surface area (Å²) in [6.07, 6.45) is 0.367. The molecular formula is C18H22F2N6O4. The van der Waals surface area contributed by atoms with Gasteiger partial charge in [-0.25, -0.2) is 0 Å². The zero-order chi connectivity index (χ0) is 22.4. The zero-order valence-corrected chi connectivity index (χ0v) is 16.2. The lowest BCUT2D eigenvalue weighted by Crippen LogP contribution is -2.38. The maximum absolute atomic E-state index is 12.4. The Hall–Kier alpha value is -3.70. The molecule has 1 heterocycles. The number of halogens is 2. The number of nitrogens with zero attached hydrogens (tertiary/aromatic N) is 1. The van der Waals surface area contributed by atoms with Gasteiger partial charge in [0.05, 0.1) is 0 Å². The van der Waals surface area contributed by atoms with E-state index < -0.39 is 35.6 Å². The number of aromatic amines is 1. The largest absolute Gasteiger partial charge is 0.435 e. The molecule has 1 unspecified atom stereocenters. The van der Waals surface area contributed by atoms with Gasteiger partial charge in [0.1, 0.15) is 17.4 Å². The molecule has 0 aliphatic rings. The molecule has 1 atom stereocenters. The fourth-order valence-corrected chi connectivity index (χ4v) is 2.63. The van der Waals surface area contributed by atoms with Crippen LogP contribution < -0.4 is 32.4 Å². The number of primary amides is 2. The Bertz CT molecular complexity index is 979. The summed E-state index contributed by atoms with van der Waals surface area (Å²) in [7, 11) is 0. The third-order valence-corrected chi connectivity index (χ3v) is 3.85. The molecule has 2 rings (SSSR count). The van der Waals surface area contributed by atoms with Crippen LogP contribution in [0.15, 0.2) is 29.1 Å². The van der Waals surface area contributed by atoms with Crippen molar-refractivity contribution >= 4 is 29.3 Å². The van der Waals surface area contributed by atoms with Crippen LogP contribution in [0.2, 0.25) is 0 Å². The molecule has 1 aromatic heterocycles. The number of carbonyl (C=O) groups excluding carboxylic acids is 2. The lowest BCUT2D eigenvalue weighted by Gasteiger charge is -2.18. The summed E-state index contributed by atoms with van der Waals surface area (Å²) >= 11 is 0. The number of nitrogens with one attached hydrogen (secondary N) is 3. The standard InChI is InChI=1S/C18H22F2N6O4/c1-8(2)6-11(13(21)27)24-18-25-15(12(14(22)28)16(29)26-18)23-9-4-3-5-10(7-9)30-17(19)20/h3-5,7-8,11,17H,6H2,1-2H3,(H2,21,27)(H2,22,28)(H3,23,24,25,26,29). The lowest BCUT2D eigenvalue weighted by molar-refractivity contribution is -0.119. The van der Waals surface area contributed by atoms with Gasteiger partial charge in [-0.2, -0.15) is 13.8 Å². The van der Waals surface area contributed by atoms with E-state index in [1.54, 1.807) is 0 Å². The van der Waals surface area contributed by atoms with Crippen LogP contribution in [0.25, 0.3) is 0 Å². The summed E-state index contributed by atoms with van der Waals surface area (Å²) in [5.41, 5.74) is 9.50. The van der Waals surface area contributed by atoms with E-state index >= 15 is 0 Å². The van der Waals surface area contributed by atoms with Crippen molar-refractivity contribution in [1.82, 2.24) is 9.97 Å². The Morgan fingerprint density at radius 2 is 1.97 bits per heavy atom. The second kappa shape index (κ2) is 9.67. The zero-order valence-electron chi connectivity index (χ0n) is 16.2. The molecule has 162 valence electrons. The highest BCUT2D eigenvalue weighted by molar-refractivity contribution is 5.98. The molecule has 0 aliphatic heterocycles. The first-order valence-corrected chi connectivity index (χ1v) is 8.88. The SMILES string of the molecule is CC(C)CC(Nc1nc(Nc2cccc(OC(F)F)c2)c(C(N)=O)c(=O)[nH]1)C(N)=O. The lowest BCUT2D eigenvalue weighted by atomic mass is 10.0. The summed E-state index contributed by atoms with van der Waals surface area (Å²) in [4.78, 5) is 42.2. The number of ether oxygens (including phenoxy) is 1. The predicted octanol–water partition coefficient (Wildman–Crippen LogP) is 1.53. The molecule has 0 radical (unpaired) electrons. The minimum atomic E-state index is -3.03. The van der Waals surface area contributed by atoms with E-state index in [2.05, 4.69) is 25.3 Å². The number of anilines is 3. The Morgan fingerprint density at radius 1 is 1.27 bits per heavy atom. The number of hydrogen-bond donors (Lipinski definition) is 5. The predicted molar refractivity (Wildman–Crippen MR) is 106 cm³/mol. The quantitative estimate of drug-likeness (QED) is 0.386. The number of H-pyrrole nitrogens is 1. The topological polar surface area (TPSA) is 165 Å². The molecule has 0 spiro atoms. The molecule has 2 aromatic rings. The smallest absolute Gasteiger partial charge is 0.387 e. The first-order valence-electron chi connectivity index (χ1n) is 8.88. The number of hydrogen-bond acceptors (Lipinski definition) is 7. The number of rotatable bonds is 10. The van der Waals surface area contributed by atoms with Gasteiger partial charge in [0.15, 0.2) is 5.82 Å². The number of carbonyl (C=O) groups is 2. The van der Waals surface area contributed by atoms with Crippen molar-refractivity contribution in [2.75, 3.05) is 10.6 Å². The molecule has 12 heteroatoms. The van der Waals surface area contributed by atoms with E-state index in [4.69, 9.17) is 11.5 Å². The Kier molecular flexibility index (Phi) is 7.28. The van der Waals surface area contributed by atoms with Gasteiger partial charge in [-0.05, 0) is 24.5 Å². The highest BCUT2D eigenvalue weighted by Crippen LogP contribution is 2.23. The Labute approximate surface area is 170 Å². The maximum Gasteiger partial charge on any atom is 0.387 e. The van der Waals surface area contributed by atoms with E-state index in [1.165, 1.54) is 24.3 Å². The monoisotopic (exact) mass is 424 g/mol. The highest BCUT2D eigenvalue weighted by atomic mass is 19.3. The first-order chi connectivity index (χ1) is 14.1. The maximum atomic E-state index is 12.4. The van der Waals surface area contributed by atoms with E-state index in [0.717, 1.165) is 0 Å². The third kappa shape index (κ3) is 6.15. The van der Waals surface area contributed by atoms with Gasteiger partial charge < -0.3 is 26.8 Å². The fraction of sp³-hybridized carbons (Fsp3) is 0.333. The van der Waals surface area contributed by atoms with Gasteiger partial charge in [-0.3, -0.25) is 19.4 Å². The van der Waals surface area contributed by atoms with Crippen molar-refractivity contribution in [3.8, 4) is 5.75 Å². The molecule has 10 nitrogen and oxygen atoms in total. The van der Waals surface area contributed by atoms with Crippen LogP contribution in [0.5, 0.6) is 5.75 Å². The van der Waals surface area contributed by atoms with Crippen molar-refractivity contribution in [3.63, 3.8) is 0 Å². The van der Waals surface area contributed by atoms with Crippen LogP contribution in [-0.4, -0.2) is 34.4 Å². The van der Waals surface area contributed by atoms with Gasteiger partial charge in [0, 0.05) is 11.8 Å². The normalized spacial score (nSPS) is 11.9. The second-order valence-corrected chi connectivity index (χ2v) is 6.76. The fourth-order valence-electron chi connectivity index (χ4n) is 2.63. The summed E-state index contributed by atoms with van der Waals surface area (Å²) in [6.45, 7) is 0.734. The van der Waals surface area contributed by atoms with Crippen molar-refractivity contribution in [1.29, 1.82) is 0 Å². The highest BCUT2D eigenvalue weighted by Gasteiger charge is 2.21. The number of alkyl halides is 2. The second-order valence-electron chi connectivity index (χ2n) is 6.76. The van der Waals surface area contributed by atoms with Crippen LogP contribution in [0.3, 0.4) is 0 Å². The molecule has 0 saturated carbocycles. The van der Waals surface area contributed by atoms with Crippen LogP contribution in [-0.2, 0) is 4.79 Å². The van der Waals surface area contributed by atoms with Crippen molar-refractivity contribution < 1.29 is 23.1 Å². The van der Waals surface area contributed by atoms with E-state index in [0.29, 0.717) is 6.42 Å². The Morgan fingerprint density at radius 3 is 2.53 bits per heavy atom. The Balaban J connectivity index is 2.41. The summed E-state index contributed by atoms with van der Waals surface area (Å²) in [5.74, 6) is -2.12. The molecule has 1 aromatic carbocycles. The van der Waals surface area contributed by atoms with E-state index in [-0.39, 0.29) is 29.1 Å². The average Bonchev–Trinajstić information content (AvgIpc) is 2.59. The molecule has 7 N–H and O–H groups in total. The van der Waals surface area contributed by atoms with Crippen molar-refractivity contribution in [2.45, 2.75) is 32.9 Å². The van der Waals surface area contributed by atoms with Crippen molar-refractivity contribution in [2.24, 2.45) is 17.4 Å². The van der Waals surface area contributed by atoms with Gasteiger partial charge in [0.2, 0.25) is 11.9 Å². The first kappa shape index (κ1) is 22.6. The minimum absolute atomic E-state index is 0.113.